The number of hydrogen-bond acceptors (Lipinski definition) is 6. The van der Waals surface area contributed by atoms with Crippen molar-refractivity contribution in [3.63, 3.8) is 0 Å². The van der Waals surface area contributed by atoms with E-state index in [1.807, 2.05) is 30.3 Å². The van der Waals surface area contributed by atoms with Crippen LogP contribution in [-0.2, 0) is 17.6 Å². The highest BCUT2D eigenvalue weighted by Gasteiger charge is 2.24. The second kappa shape index (κ2) is 7.97. The molecule has 1 aliphatic rings. The van der Waals surface area contributed by atoms with E-state index in [1.165, 1.54) is 5.56 Å². The number of fused-ring (bicyclic) bond motifs is 1. The fourth-order valence-electron chi connectivity index (χ4n) is 3.49. The van der Waals surface area contributed by atoms with Crippen molar-refractivity contribution in [1.82, 2.24) is 15.0 Å². The third-order valence-electron chi connectivity index (χ3n) is 4.61. The molecule has 0 aromatic carbocycles. The Morgan fingerprint density at radius 1 is 1.26 bits per heavy atom. The predicted octanol–water partition coefficient (Wildman–Crippen LogP) is 4.19. The minimum absolute atomic E-state index is 0.00111. The van der Waals surface area contributed by atoms with Crippen LogP contribution in [0, 0.1) is 5.41 Å². The number of Topliss-reactive ketones (excluding diaryl/α,β-unsaturated/α-hetero) is 1. The van der Waals surface area contributed by atoms with Gasteiger partial charge in [-0.1, -0.05) is 20.8 Å². The summed E-state index contributed by atoms with van der Waals surface area (Å²) >= 11 is 1.68. The number of pyridine rings is 1. The Kier molecular flexibility index (Phi) is 5.84. The zero-order valence-electron chi connectivity index (χ0n) is 16.9. The minimum Gasteiger partial charge on any atom is -0.352 e. The van der Waals surface area contributed by atoms with E-state index in [2.05, 4.69) is 25.8 Å². The highest BCUT2D eigenvalue weighted by Crippen LogP contribution is 2.31. The second-order valence-corrected chi connectivity index (χ2v) is 9.24. The summed E-state index contributed by atoms with van der Waals surface area (Å²) in [7, 11) is 1.96. The van der Waals surface area contributed by atoms with Crippen molar-refractivity contribution in [2.75, 3.05) is 24.7 Å². The number of aromatic nitrogens is 3. The number of ketones is 1. The van der Waals surface area contributed by atoms with Crippen LogP contribution in [0.3, 0.4) is 0 Å². The largest absolute Gasteiger partial charge is 0.352 e. The van der Waals surface area contributed by atoms with E-state index < -0.39 is 0 Å². The van der Waals surface area contributed by atoms with Gasteiger partial charge in [-0.05, 0) is 43.1 Å². The maximum Gasteiger partial charge on any atom is 0.180 e. The number of likely N-dealkylation sites (N-methyl/N-ethyl adjacent to an activating group) is 1. The zero-order valence-corrected chi connectivity index (χ0v) is 17.7. The van der Waals surface area contributed by atoms with Gasteiger partial charge in [-0.15, -0.1) is 11.8 Å². The maximum absolute atomic E-state index is 12.5. The molecule has 0 amide bonds. The molecule has 0 unspecified atom stereocenters. The molecule has 27 heavy (non-hydrogen) atoms. The molecular formula is C21H28N4OS. The van der Waals surface area contributed by atoms with Crippen molar-refractivity contribution >= 4 is 23.4 Å². The summed E-state index contributed by atoms with van der Waals surface area (Å²) < 4.78 is 0. The Bertz CT molecular complexity index is 845. The van der Waals surface area contributed by atoms with E-state index in [0.29, 0.717) is 18.8 Å². The summed E-state index contributed by atoms with van der Waals surface area (Å²) in [5, 5.41) is 0. The van der Waals surface area contributed by atoms with Gasteiger partial charge < -0.3 is 4.90 Å². The van der Waals surface area contributed by atoms with Crippen molar-refractivity contribution in [1.29, 1.82) is 0 Å². The fourth-order valence-corrected chi connectivity index (χ4v) is 3.92. The molecule has 0 bridgehead atoms. The highest BCUT2D eigenvalue weighted by molar-refractivity contribution is 7.98. The van der Waals surface area contributed by atoms with E-state index in [1.54, 1.807) is 18.0 Å². The van der Waals surface area contributed by atoms with E-state index in [4.69, 9.17) is 9.97 Å². The SMILES string of the molecule is CSc1ccnc(-c2nc3c(c(N(C)CC(=O)CC(C)(C)C)n2)CCC3)c1. The predicted molar refractivity (Wildman–Crippen MR) is 111 cm³/mol. The molecule has 0 radical (unpaired) electrons. The number of carbonyl (C=O) groups excluding carboxylic acids is 1. The first-order chi connectivity index (χ1) is 12.8. The molecule has 0 spiro atoms. The number of hydrogen-bond donors (Lipinski definition) is 0. The molecule has 6 heteroatoms. The minimum atomic E-state index is -0.00111. The van der Waals surface area contributed by atoms with Crippen molar-refractivity contribution in [3.8, 4) is 11.5 Å². The topological polar surface area (TPSA) is 59.0 Å². The van der Waals surface area contributed by atoms with E-state index in [9.17, 15) is 4.79 Å². The normalized spacial score (nSPS) is 13.5. The Hall–Kier alpha value is -1.95. The number of nitrogens with zero attached hydrogens (tertiary/aromatic N) is 4. The summed E-state index contributed by atoms with van der Waals surface area (Å²) in [5.41, 5.74) is 3.07. The molecule has 0 saturated heterocycles. The van der Waals surface area contributed by atoms with Gasteiger partial charge in [-0.2, -0.15) is 0 Å². The Morgan fingerprint density at radius 2 is 2.04 bits per heavy atom. The quantitative estimate of drug-likeness (QED) is 0.696. The second-order valence-electron chi connectivity index (χ2n) is 8.36. The van der Waals surface area contributed by atoms with Gasteiger partial charge in [0.15, 0.2) is 11.6 Å². The molecule has 3 rings (SSSR count). The molecule has 2 aromatic rings. The molecule has 5 nitrogen and oxygen atoms in total. The highest BCUT2D eigenvalue weighted by atomic mass is 32.2. The lowest BCUT2D eigenvalue weighted by Crippen LogP contribution is -2.30. The first kappa shape index (κ1) is 19.8. The lowest BCUT2D eigenvalue weighted by Gasteiger charge is -2.23. The van der Waals surface area contributed by atoms with Crippen LogP contribution in [0.25, 0.3) is 11.5 Å². The zero-order chi connectivity index (χ0) is 19.6. The lowest BCUT2D eigenvalue weighted by atomic mass is 9.90. The Morgan fingerprint density at radius 3 is 2.74 bits per heavy atom. The van der Waals surface area contributed by atoms with Gasteiger partial charge in [0.25, 0.3) is 0 Å². The summed E-state index contributed by atoms with van der Waals surface area (Å²) in [5.74, 6) is 1.77. The Balaban J connectivity index is 1.93. The third kappa shape index (κ3) is 4.86. The van der Waals surface area contributed by atoms with Crippen LogP contribution < -0.4 is 4.90 Å². The number of rotatable bonds is 6. The van der Waals surface area contributed by atoms with Gasteiger partial charge in [0, 0.05) is 35.8 Å². The number of thioether (sulfide) groups is 1. The average molecular weight is 385 g/mol. The summed E-state index contributed by atoms with van der Waals surface area (Å²) in [6.45, 7) is 6.65. The van der Waals surface area contributed by atoms with E-state index >= 15 is 0 Å². The fraction of sp³-hybridized carbons (Fsp3) is 0.524. The van der Waals surface area contributed by atoms with Crippen LogP contribution in [0.15, 0.2) is 23.2 Å². The average Bonchev–Trinajstić information content (AvgIpc) is 3.07. The summed E-state index contributed by atoms with van der Waals surface area (Å²) in [6.07, 6.45) is 7.43. The van der Waals surface area contributed by atoms with E-state index in [0.717, 1.165) is 41.4 Å². The molecule has 0 atom stereocenters. The first-order valence-corrected chi connectivity index (χ1v) is 10.6. The standard InChI is InChI=1S/C21H28N4OS/c1-21(2,3)12-14(26)13-25(4)20-16-7-6-8-17(16)23-19(24-20)18-11-15(27-5)9-10-22-18/h9-11H,6-8,12-13H2,1-5H3. The number of anilines is 1. The monoisotopic (exact) mass is 384 g/mol. The van der Waals surface area contributed by atoms with Crippen LogP contribution >= 0.6 is 11.8 Å². The van der Waals surface area contributed by atoms with Crippen LogP contribution in [0.5, 0.6) is 0 Å². The van der Waals surface area contributed by atoms with Crippen molar-refractivity contribution < 1.29 is 4.79 Å². The maximum atomic E-state index is 12.5. The van der Waals surface area contributed by atoms with Crippen LogP contribution in [0.4, 0.5) is 5.82 Å². The van der Waals surface area contributed by atoms with Gasteiger partial charge in [-0.3, -0.25) is 9.78 Å². The van der Waals surface area contributed by atoms with Crippen LogP contribution in [-0.4, -0.2) is 40.6 Å². The van der Waals surface area contributed by atoms with Gasteiger partial charge in [0.2, 0.25) is 0 Å². The molecule has 2 heterocycles. The van der Waals surface area contributed by atoms with Gasteiger partial charge >= 0.3 is 0 Å². The molecule has 0 fully saturated rings. The third-order valence-corrected chi connectivity index (χ3v) is 5.34. The van der Waals surface area contributed by atoms with Gasteiger partial charge in [0.1, 0.15) is 11.5 Å². The van der Waals surface area contributed by atoms with Gasteiger partial charge in [0.05, 0.1) is 6.54 Å². The van der Waals surface area contributed by atoms with Crippen molar-refractivity contribution in [2.24, 2.45) is 5.41 Å². The van der Waals surface area contributed by atoms with Gasteiger partial charge in [-0.25, -0.2) is 9.97 Å². The number of aryl methyl sites for hydroxylation is 1. The van der Waals surface area contributed by atoms with E-state index in [-0.39, 0.29) is 11.2 Å². The first-order valence-electron chi connectivity index (χ1n) is 9.40. The summed E-state index contributed by atoms with van der Waals surface area (Å²) in [6, 6.07) is 4.01. The van der Waals surface area contributed by atoms with Crippen molar-refractivity contribution in [3.05, 3.63) is 29.6 Å². The molecule has 1 aliphatic carbocycles. The molecule has 2 aromatic heterocycles. The van der Waals surface area contributed by atoms with Crippen LogP contribution in [0.2, 0.25) is 0 Å². The molecule has 0 aliphatic heterocycles. The number of carbonyl (C=O) groups is 1. The molecule has 0 N–H and O–H groups in total. The lowest BCUT2D eigenvalue weighted by molar-refractivity contribution is -0.119. The van der Waals surface area contributed by atoms with Crippen LogP contribution in [0.1, 0.15) is 44.9 Å². The summed E-state index contributed by atoms with van der Waals surface area (Å²) in [4.78, 5) is 29.7. The molecule has 144 valence electrons. The van der Waals surface area contributed by atoms with Crippen molar-refractivity contribution in [2.45, 2.75) is 51.3 Å². The molecule has 0 saturated carbocycles. The Labute approximate surface area is 166 Å². The smallest absolute Gasteiger partial charge is 0.180 e. The molecular weight excluding hydrogens is 356 g/mol.